The summed E-state index contributed by atoms with van der Waals surface area (Å²) in [5, 5.41) is 2.65. The SMILES string of the molecule is C=CCOC(=O)NC[C@@H](CN(C)C(=O)OCC=C)C1=C(C(=O)OCC=C)N2C(=O)[C@H]([C@@H](C)O[Si](C)(C)C(C)(C)C)[C@H]2C1. The molecule has 0 spiro atoms. The van der Waals surface area contributed by atoms with E-state index in [0.717, 1.165) is 0 Å². The van der Waals surface area contributed by atoms with Gasteiger partial charge in [0.1, 0.15) is 25.5 Å². The molecule has 42 heavy (non-hydrogen) atoms. The van der Waals surface area contributed by atoms with Crippen LogP contribution in [0.25, 0.3) is 0 Å². The van der Waals surface area contributed by atoms with Crippen molar-refractivity contribution in [3.63, 3.8) is 0 Å². The first kappa shape index (κ1) is 34.8. The van der Waals surface area contributed by atoms with Crippen molar-refractivity contribution in [2.75, 3.05) is 40.0 Å². The van der Waals surface area contributed by atoms with E-state index in [0.29, 0.717) is 12.0 Å². The molecule has 1 fully saturated rings. The standard InChI is InChI=1S/C30H47N3O8Si/c1-11-14-38-27(35)25-22(17-23-24(26(34)33(23)25)20(4)41-42(9,10)30(5,6)7)21(18-31-28(36)39-15-12-2)19-32(8)29(37)40-16-13-3/h11-13,20-21,23-24H,1-3,14-19H2,4-10H3,(H,31,36)/t20-,21+,23-,24-/m1/s1. The van der Waals surface area contributed by atoms with E-state index in [1.165, 1.54) is 28.0 Å². The summed E-state index contributed by atoms with van der Waals surface area (Å²) in [7, 11) is -0.631. The minimum Gasteiger partial charge on any atom is -0.457 e. The van der Waals surface area contributed by atoms with Crippen molar-refractivity contribution < 1.29 is 37.8 Å². The van der Waals surface area contributed by atoms with Gasteiger partial charge >= 0.3 is 18.2 Å². The molecular formula is C30H47N3O8Si. The van der Waals surface area contributed by atoms with Crippen molar-refractivity contribution in [1.29, 1.82) is 0 Å². The topological polar surface area (TPSA) is 124 Å². The van der Waals surface area contributed by atoms with Crippen LogP contribution in [0.3, 0.4) is 0 Å². The van der Waals surface area contributed by atoms with E-state index in [2.05, 4.69) is 58.9 Å². The normalized spacial score (nSPS) is 19.6. The van der Waals surface area contributed by atoms with Crippen LogP contribution in [-0.2, 0) is 28.2 Å². The second-order valence-electron chi connectivity index (χ2n) is 12.1. The first-order valence-electron chi connectivity index (χ1n) is 14.1. The Morgan fingerprint density at radius 3 is 2.21 bits per heavy atom. The molecule has 0 saturated carbocycles. The van der Waals surface area contributed by atoms with Crippen LogP contribution < -0.4 is 5.32 Å². The van der Waals surface area contributed by atoms with E-state index in [1.54, 1.807) is 7.05 Å². The van der Waals surface area contributed by atoms with Gasteiger partial charge in [0.05, 0.1) is 18.1 Å². The lowest BCUT2D eigenvalue weighted by molar-refractivity contribution is -0.161. The third kappa shape index (κ3) is 8.12. The highest BCUT2D eigenvalue weighted by Gasteiger charge is 2.59. The average molecular weight is 606 g/mol. The van der Waals surface area contributed by atoms with E-state index in [9.17, 15) is 19.2 Å². The van der Waals surface area contributed by atoms with Crippen molar-refractivity contribution in [2.24, 2.45) is 11.8 Å². The maximum atomic E-state index is 13.6. The number of hydrogen-bond acceptors (Lipinski definition) is 8. The molecule has 0 aromatic rings. The molecule has 0 radical (unpaired) electrons. The first-order valence-corrected chi connectivity index (χ1v) is 17.0. The summed E-state index contributed by atoms with van der Waals surface area (Å²) in [5.74, 6) is -1.92. The largest absolute Gasteiger partial charge is 0.457 e. The van der Waals surface area contributed by atoms with Gasteiger partial charge in [-0.15, -0.1) is 0 Å². The lowest BCUT2D eigenvalue weighted by Gasteiger charge is -2.49. The van der Waals surface area contributed by atoms with Crippen molar-refractivity contribution in [3.05, 3.63) is 49.2 Å². The minimum absolute atomic E-state index is 0.0181. The van der Waals surface area contributed by atoms with Crippen LogP contribution in [0.4, 0.5) is 9.59 Å². The molecule has 0 aliphatic carbocycles. The van der Waals surface area contributed by atoms with Crippen LogP contribution in [0.5, 0.6) is 0 Å². The fourth-order valence-electron chi connectivity index (χ4n) is 4.89. The fraction of sp³-hybridized carbons (Fsp3) is 0.600. The summed E-state index contributed by atoms with van der Waals surface area (Å²) in [6, 6.07) is -0.327. The van der Waals surface area contributed by atoms with Crippen LogP contribution in [-0.4, -0.2) is 94.3 Å². The van der Waals surface area contributed by atoms with Gasteiger partial charge in [-0.2, -0.15) is 0 Å². The Bertz CT molecular complexity index is 1100. The zero-order chi connectivity index (χ0) is 31.8. The number of hydrogen-bond donors (Lipinski definition) is 1. The molecule has 3 amide bonds. The number of rotatable bonds is 15. The summed E-state index contributed by atoms with van der Waals surface area (Å²) in [5.41, 5.74) is 0.721. The number of ether oxygens (including phenoxy) is 3. The average Bonchev–Trinajstić information content (AvgIpc) is 3.25. The molecule has 234 valence electrons. The molecule has 0 unspecified atom stereocenters. The van der Waals surface area contributed by atoms with E-state index in [4.69, 9.17) is 18.6 Å². The summed E-state index contributed by atoms with van der Waals surface area (Å²) in [6.07, 6.45) is 3.04. The van der Waals surface area contributed by atoms with Crippen molar-refractivity contribution in [3.8, 4) is 0 Å². The van der Waals surface area contributed by atoms with Gasteiger partial charge in [-0.05, 0) is 37.0 Å². The third-order valence-corrected chi connectivity index (χ3v) is 12.6. The summed E-state index contributed by atoms with van der Waals surface area (Å²) in [4.78, 5) is 54.7. The van der Waals surface area contributed by atoms with Gasteiger partial charge in [0.2, 0.25) is 5.91 Å². The number of fused-ring (bicyclic) bond motifs is 1. The van der Waals surface area contributed by atoms with Gasteiger partial charge in [0.15, 0.2) is 8.32 Å². The van der Waals surface area contributed by atoms with Gasteiger partial charge in [0.25, 0.3) is 0 Å². The number of amides is 3. The molecule has 0 aromatic heterocycles. The van der Waals surface area contributed by atoms with Gasteiger partial charge in [-0.3, -0.25) is 4.79 Å². The van der Waals surface area contributed by atoms with Crippen molar-refractivity contribution >= 4 is 32.4 Å². The highest BCUT2D eigenvalue weighted by Crippen LogP contribution is 2.48. The summed E-state index contributed by atoms with van der Waals surface area (Å²) in [6.45, 7) is 23.4. The molecule has 4 atom stereocenters. The molecule has 2 aliphatic rings. The number of carbonyl (C=O) groups is 4. The van der Waals surface area contributed by atoms with Crippen molar-refractivity contribution in [2.45, 2.75) is 64.4 Å². The van der Waals surface area contributed by atoms with Crippen LogP contribution in [0, 0.1) is 11.8 Å². The Morgan fingerprint density at radius 1 is 1.07 bits per heavy atom. The molecule has 0 bridgehead atoms. The van der Waals surface area contributed by atoms with E-state index >= 15 is 0 Å². The number of nitrogens with zero attached hydrogens (tertiary/aromatic N) is 2. The molecule has 2 heterocycles. The number of β-lactam (4-membered cyclic amide) rings is 1. The van der Waals surface area contributed by atoms with Crippen LogP contribution in [0.2, 0.25) is 18.1 Å². The highest BCUT2D eigenvalue weighted by atomic mass is 28.4. The molecule has 1 saturated heterocycles. The van der Waals surface area contributed by atoms with Gasteiger partial charge in [0, 0.05) is 26.1 Å². The predicted octanol–water partition coefficient (Wildman–Crippen LogP) is 4.39. The second kappa shape index (κ2) is 14.7. The number of esters is 1. The maximum Gasteiger partial charge on any atom is 0.409 e. The first-order chi connectivity index (χ1) is 19.6. The van der Waals surface area contributed by atoms with Crippen LogP contribution in [0.15, 0.2) is 49.2 Å². The van der Waals surface area contributed by atoms with Gasteiger partial charge in [-0.1, -0.05) is 58.7 Å². The third-order valence-electron chi connectivity index (χ3n) is 8.01. The number of carbonyl (C=O) groups excluding carboxylic acids is 4. The quantitative estimate of drug-likeness (QED) is 0.0959. The molecular weight excluding hydrogens is 558 g/mol. The molecule has 11 nitrogen and oxygen atoms in total. The smallest absolute Gasteiger partial charge is 0.409 e. The monoisotopic (exact) mass is 605 g/mol. The molecule has 1 N–H and O–H groups in total. The minimum atomic E-state index is -2.18. The zero-order valence-electron chi connectivity index (χ0n) is 26.1. The Balaban J connectivity index is 2.43. The molecule has 2 aliphatic heterocycles. The summed E-state index contributed by atoms with van der Waals surface area (Å²) < 4.78 is 22.2. The Labute approximate surface area is 250 Å². The lowest BCUT2D eigenvalue weighted by atomic mass is 9.82. The van der Waals surface area contributed by atoms with E-state index in [1.807, 2.05) is 6.92 Å². The van der Waals surface area contributed by atoms with Crippen LogP contribution >= 0.6 is 0 Å². The Hall–Kier alpha value is -3.38. The second-order valence-corrected chi connectivity index (χ2v) is 16.8. The van der Waals surface area contributed by atoms with Crippen molar-refractivity contribution in [1.82, 2.24) is 15.1 Å². The fourth-order valence-corrected chi connectivity index (χ4v) is 6.32. The Kier molecular flexibility index (Phi) is 12.2. The van der Waals surface area contributed by atoms with E-state index in [-0.39, 0.29) is 61.7 Å². The zero-order valence-corrected chi connectivity index (χ0v) is 27.1. The molecule has 0 aromatic carbocycles. The summed E-state index contributed by atoms with van der Waals surface area (Å²) >= 11 is 0. The lowest BCUT2D eigenvalue weighted by Crippen LogP contribution is -2.63. The van der Waals surface area contributed by atoms with Gasteiger partial charge < -0.3 is 33.8 Å². The highest BCUT2D eigenvalue weighted by molar-refractivity contribution is 6.74. The van der Waals surface area contributed by atoms with Crippen LogP contribution in [0.1, 0.15) is 34.1 Å². The molecule has 12 heteroatoms. The van der Waals surface area contributed by atoms with E-state index < -0.39 is 38.3 Å². The number of nitrogens with one attached hydrogen (secondary N) is 1. The Morgan fingerprint density at radius 2 is 1.64 bits per heavy atom. The number of alkyl carbamates (subject to hydrolysis) is 1. The maximum absolute atomic E-state index is 13.6. The predicted molar refractivity (Wildman–Crippen MR) is 162 cm³/mol. The van der Waals surface area contributed by atoms with Gasteiger partial charge in [-0.25, -0.2) is 14.4 Å². The molecule has 2 rings (SSSR count).